The lowest BCUT2D eigenvalue weighted by atomic mass is 10.2. The molecule has 0 radical (unpaired) electrons. The fourth-order valence-corrected chi connectivity index (χ4v) is 8.13. The summed E-state index contributed by atoms with van der Waals surface area (Å²) < 4.78 is 13.8. The van der Waals surface area contributed by atoms with E-state index in [1.807, 2.05) is 54.6 Å². The molecule has 0 unspecified atom stereocenters. The Bertz CT molecular complexity index is 1050. The molecule has 4 aromatic carbocycles. The van der Waals surface area contributed by atoms with Gasteiger partial charge in [0.2, 0.25) is 0 Å². The molecule has 3 nitrogen and oxygen atoms in total. The van der Waals surface area contributed by atoms with Crippen LogP contribution >= 0.6 is 7.26 Å². The molecule has 5 heteroatoms. The van der Waals surface area contributed by atoms with E-state index in [0.717, 1.165) is 22.0 Å². The number of nitro groups is 1. The largest absolute Gasteiger partial charge is 0.279 e. The highest BCUT2D eigenvalue weighted by atomic mass is 31.2. The molecule has 0 fully saturated rings. The summed E-state index contributed by atoms with van der Waals surface area (Å²) in [5, 5.41) is 15.1. The normalized spacial score (nSPS) is 11.2. The summed E-state index contributed by atoms with van der Waals surface area (Å²) in [6, 6.07) is 34.3. The third-order valence-electron chi connectivity index (χ3n) is 5.24. The van der Waals surface area contributed by atoms with E-state index >= 15 is 0 Å². The topological polar surface area (TPSA) is 43.1 Å². The number of rotatable bonds is 6. The molecule has 0 aromatic heterocycles. The number of benzene rings is 4. The first kappa shape index (κ1) is 19.9. The van der Waals surface area contributed by atoms with Gasteiger partial charge in [0.1, 0.15) is 35.2 Å². The van der Waals surface area contributed by atoms with Crippen LogP contribution in [0.25, 0.3) is 0 Å². The van der Waals surface area contributed by atoms with E-state index in [9.17, 15) is 14.5 Å². The lowest BCUT2D eigenvalue weighted by molar-refractivity contribution is -0.385. The van der Waals surface area contributed by atoms with Gasteiger partial charge in [-0.2, -0.15) is 0 Å². The van der Waals surface area contributed by atoms with Crippen LogP contribution in [0.2, 0.25) is 0 Å². The van der Waals surface area contributed by atoms with Gasteiger partial charge in [0.25, 0.3) is 5.69 Å². The highest BCUT2D eigenvalue weighted by molar-refractivity contribution is 7.95. The van der Waals surface area contributed by atoms with Crippen LogP contribution in [0.1, 0.15) is 5.56 Å². The molecule has 0 bridgehead atoms. The summed E-state index contributed by atoms with van der Waals surface area (Å²) in [6.07, 6.45) is 0.432. The van der Waals surface area contributed by atoms with Gasteiger partial charge in [-0.15, -0.1) is 0 Å². The van der Waals surface area contributed by atoms with Crippen molar-refractivity contribution in [3.8, 4) is 0 Å². The van der Waals surface area contributed by atoms with Gasteiger partial charge < -0.3 is 0 Å². The third-order valence-corrected chi connectivity index (χ3v) is 9.60. The molecule has 0 N–H and O–H groups in total. The van der Waals surface area contributed by atoms with Gasteiger partial charge in [0.15, 0.2) is 0 Å². The Morgan fingerprint density at radius 3 is 1.53 bits per heavy atom. The molecular formula is C25H20FNO2P+. The van der Waals surface area contributed by atoms with Crippen molar-refractivity contribution in [3.63, 3.8) is 0 Å². The van der Waals surface area contributed by atoms with E-state index in [1.54, 1.807) is 6.07 Å². The minimum Gasteiger partial charge on any atom is -0.258 e. The number of hydrogen-bond acceptors (Lipinski definition) is 2. The fraction of sp³-hybridized carbons (Fsp3) is 0.0400. The zero-order chi connectivity index (χ0) is 21.0. The predicted octanol–water partition coefficient (Wildman–Crippen LogP) is 5.23. The maximum absolute atomic E-state index is 13.8. The summed E-state index contributed by atoms with van der Waals surface area (Å²) in [6.45, 7) is 0. The molecule has 0 spiro atoms. The lowest BCUT2D eigenvalue weighted by Gasteiger charge is -2.27. The Hall–Kier alpha value is -3.36. The quantitative estimate of drug-likeness (QED) is 0.245. The molecular weight excluding hydrogens is 396 g/mol. The predicted molar refractivity (Wildman–Crippen MR) is 122 cm³/mol. The number of hydrogen-bond donors (Lipinski definition) is 0. The van der Waals surface area contributed by atoms with E-state index in [0.29, 0.717) is 11.7 Å². The number of nitro benzene ring substituents is 1. The minimum absolute atomic E-state index is 0.179. The molecule has 30 heavy (non-hydrogen) atoms. The minimum atomic E-state index is -2.28. The molecule has 0 aliphatic rings. The molecule has 0 heterocycles. The summed E-state index contributed by atoms with van der Waals surface area (Å²) >= 11 is 0. The Balaban J connectivity index is 2.03. The maximum Gasteiger partial charge on any atom is 0.279 e. The van der Waals surface area contributed by atoms with Gasteiger partial charge in [0, 0.05) is 0 Å². The second-order valence-corrected chi connectivity index (χ2v) is 10.5. The van der Waals surface area contributed by atoms with Crippen molar-refractivity contribution < 1.29 is 9.31 Å². The third kappa shape index (κ3) is 3.74. The molecule has 0 aliphatic carbocycles. The van der Waals surface area contributed by atoms with Crippen molar-refractivity contribution in [3.05, 3.63) is 131 Å². The highest BCUT2D eigenvalue weighted by Gasteiger charge is 2.46. The summed E-state index contributed by atoms with van der Waals surface area (Å²) in [7, 11) is -2.28. The van der Waals surface area contributed by atoms with Crippen LogP contribution in [0.15, 0.2) is 109 Å². The van der Waals surface area contributed by atoms with E-state index in [-0.39, 0.29) is 5.69 Å². The van der Waals surface area contributed by atoms with Gasteiger partial charge in [-0.05, 0) is 48.5 Å². The molecule has 4 rings (SSSR count). The molecule has 0 aliphatic heterocycles. The molecule has 148 valence electrons. The smallest absolute Gasteiger partial charge is 0.258 e. The average Bonchev–Trinajstić information content (AvgIpc) is 2.80. The fourth-order valence-electron chi connectivity index (χ4n) is 3.86. The number of nitrogens with zero attached hydrogens (tertiary/aromatic N) is 1. The van der Waals surface area contributed by atoms with Crippen LogP contribution in [0.5, 0.6) is 0 Å². The van der Waals surface area contributed by atoms with Crippen molar-refractivity contribution in [2.45, 2.75) is 6.16 Å². The van der Waals surface area contributed by atoms with Gasteiger partial charge >= 0.3 is 0 Å². The summed E-state index contributed by atoms with van der Waals surface area (Å²) in [5.74, 6) is -0.603. The Morgan fingerprint density at radius 1 is 0.700 bits per heavy atom. The van der Waals surface area contributed by atoms with Crippen LogP contribution < -0.4 is 15.9 Å². The Labute approximate surface area is 175 Å². The first-order valence-corrected chi connectivity index (χ1v) is 11.6. The van der Waals surface area contributed by atoms with Crippen LogP contribution in [0, 0.1) is 15.9 Å². The van der Waals surface area contributed by atoms with Crippen LogP contribution in [0.3, 0.4) is 0 Å². The Morgan fingerprint density at radius 2 is 1.13 bits per heavy atom. The van der Waals surface area contributed by atoms with Crippen molar-refractivity contribution in [1.82, 2.24) is 0 Å². The van der Waals surface area contributed by atoms with Crippen molar-refractivity contribution in [2.24, 2.45) is 0 Å². The Kier molecular flexibility index (Phi) is 5.69. The second kappa shape index (κ2) is 8.56. The van der Waals surface area contributed by atoms with Crippen LogP contribution in [-0.4, -0.2) is 4.92 Å². The van der Waals surface area contributed by atoms with E-state index in [1.165, 1.54) is 6.07 Å². The highest BCUT2D eigenvalue weighted by Crippen LogP contribution is 2.58. The van der Waals surface area contributed by atoms with Gasteiger partial charge in [-0.3, -0.25) is 10.1 Å². The average molecular weight is 416 g/mol. The van der Waals surface area contributed by atoms with Crippen LogP contribution in [0.4, 0.5) is 10.1 Å². The second-order valence-electron chi connectivity index (χ2n) is 7.00. The summed E-state index contributed by atoms with van der Waals surface area (Å²) in [5.41, 5.74) is 0.355. The molecule has 0 atom stereocenters. The molecule has 0 saturated carbocycles. The zero-order valence-corrected chi connectivity index (χ0v) is 17.1. The van der Waals surface area contributed by atoms with Crippen molar-refractivity contribution >= 4 is 28.9 Å². The standard InChI is InChI=1S/C25H20FNO2P/c26-21-17-16-20(25(18-21)27(28)29)19-30(22-10-4-1-5-11-22,23-12-6-2-7-13-23)24-14-8-3-9-15-24/h1-18H,19H2/q+1. The van der Waals surface area contributed by atoms with Crippen molar-refractivity contribution in [1.29, 1.82) is 0 Å². The zero-order valence-electron chi connectivity index (χ0n) is 16.2. The van der Waals surface area contributed by atoms with Crippen molar-refractivity contribution in [2.75, 3.05) is 0 Å². The van der Waals surface area contributed by atoms with E-state index in [4.69, 9.17) is 0 Å². The molecule has 4 aromatic rings. The van der Waals surface area contributed by atoms with Gasteiger partial charge in [-0.25, -0.2) is 4.39 Å². The van der Waals surface area contributed by atoms with Crippen LogP contribution in [-0.2, 0) is 6.16 Å². The molecule has 0 amide bonds. The van der Waals surface area contributed by atoms with E-state index in [2.05, 4.69) is 36.4 Å². The summed E-state index contributed by atoms with van der Waals surface area (Å²) in [4.78, 5) is 11.2. The maximum atomic E-state index is 13.8. The van der Waals surface area contributed by atoms with E-state index < -0.39 is 18.0 Å². The lowest BCUT2D eigenvalue weighted by Crippen LogP contribution is -2.32. The number of halogens is 1. The van der Waals surface area contributed by atoms with Gasteiger partial charge in [0.05, 0.1) is 16.6 Å². The first-order valence-electron chi connectivity index (χ1n) is 9.59. The first-order chi connectivity index (χ1) is 14.6. The van der Waals surface area contributed by atoms with Gasteiger partial charge in [-0.1, -0.05) is 54.6 Å². The molecule has 0 saturated heterocycles. The SMILES string of the molecule is O=[N+]([O-])c1cc(F)ccc1C[P+](c1ccccc1)(c1ccccc1)c1ccccc1. The monoisotopic (exact) mass is 416 g/mol.